The molecule has 0 aromatic carbocycles. The summed E-state index contributed by atoms with van der Waals surface area (Å²) in [5, 5.41) is 0. The average Bonchev–Trinajstić information content (AvgIpc) is 3.08. The summed E-state index contributed by atoms with van der Waals surface area (Å²) in [6, 6.07) is 8.72. The number of nitrogens with zero attached hydrogens (tertiary/aromatic N) is 3. The summed E-state index contributed by atoms with van der Waals surface area (Å²) in [7, 11) is 0. The number of aryl methyl sites for hydroxylation is 1. The van der Waals surface area contributed by atoms with E-state index in [1.807, 2.05) is 23.7 Å². The van der Waals surface area contributed by atoms with Gasteiger partial charge in [-0.15, -0.1) is 11.3 Å². The second-order valence-corrected chi connectivity index (χ2v) is 7.93. The van der Waals surface area contributed by atoms with Crippen LogP contribution in [-0.2, 0) is 13.0 Å². The molecule has 0 unspecified atom stereocenters. The van der Waals surface area contributed by atoms with Crippen molar-refractivity contribution in [2.24, 2.45) is 0 Å². The van der Waals surface area contributed by atoms with Gasteiger partial charge in [-0.1, -0.05) is 33.3 Å². The quantitative estimate of drug-likeness (QED) is 0.469. The minimum Gasteiger partial charge on any atom is -0.299 e. The number of fused-ring (bicyclic) bond motifs is 1. The van der Waals surface area contributed by atoms with E-state index in [0.29, 0.717) is 0 Å². The van der Waals surface area contributed by atoms with Crippen LogP contribution in [0.5, 0.6) is 0 Å². The van der Waals surface area contributed by atoms with Gasteiger partial charge in [0.25, 0.3) is 0 Å². The normalized spacial score (nSPS) is 11.5. The second kappa shape index (κ2) is 9.24. The minimum absolute atomic E-state index is 0.990. The molecule has 3 nitrogen and oxygen atoms in total. The molecule has 0 spiro atoms. The topological polar surface area (TPSA) is 29.0 Å². The van der Waals surface area contributed by atoms with Gasteiger partial charge in [-0.3, -0.25) is 14.9 Å². The fraction of sp³-hybridized carbons (Fsp3) is 0.455. The Morgan fingerprint density at radius 2 is 1.77 bits per heavy atom. The standard InChI is InChI=1S/C22H29N3S/c1-4-7-18-10-11-23-20-14-21(26-22(18)20)19-9-8-17(15-24-19)16-25(12-5-2)13-6-3/h8-11,14-15H,4-7,12-13,16H2,1-3H3. The van der Waals surface area contributed by atoms with Crippen LogP contribution in [0.25, 0.3) is 20.8 Å². The molecule has 3 aromatic heterocycles. The maximum atomic E-state index is 4.75. The summed E-state index contributed by atoms with van der Waals surface area (Å²) in [5.74, 6) is 0. The van der Waals surface area contributed by atoms with Gasteiger partial charge in [0.2, 0.25) is 0 Å². The van der Waals surface area contributed by atoms with E-state index in [4.69, 9.17) is 4.98 Å². The smallest absolute Gasteiger partial charge is 0.0819 e. The van der Waals surface area contributed by atoms with Crippen LogP contribution >= 0.6 is 11.3 Å². The lowest BCUT2D eigenvalue weighted by molar-refractivity contribution is 0.266. The molecule has 0 bridgehead atoms. The van der Waals surface area contributed by atoms with E-state index in [1.165, 1.54) is 33.5 Å². The fourth-order valence-corrected chi connectivity index (χ4v) is 4.54. The van der Waals surface area contributed by atoms with Gasteiger partial charge < -0.3 is 0 Å². The van der Waals surface area contributed by atoms with Crippen LogP contribution in [0.1, 0.15) is 51.2 Å². The van der Waals surface area contributed by atoms with Crippen LogP contribution in [-0.4, -0.2) is 28.0 Å². The Morgan fingerprint density at radius 3 is 2.42 bits per heavy atom. The van der Waals surface area contributed by atoms with Crippen molar-refractivity contribution in [1.82, 2.24) is 14.9 Å². The van der Waals surface area contributed by atoms with Gasteiger partial charge in [-0.2, -0.15) is 0 Å². The highest BCUT2D eigenvalue weighted by atomic mass is 32.1. The summed E-state index contributed by atoms with van der Waals surface area (Å²) < 4.78 is 1.31. The zero-order valence-corrected chi connectivity index (χ0v) is 17.0. The summed E-state index contributed by atoms with van der Waals surface area (Å²) in [6.45, 7) is 10.00. The zero-order chi connectivity index (χ0) is 18.4. The van der Waals surface area contributed by atoms with Crippen LogP contribution < -0.4 is 0 Å². The first-order valence-electron chi connectivity index (χ1n) is 9.80. The Balaban J connectivity index is 1.80. The van der Waals surface area contributed by atoms with E-state index in [1.54, 1.807) is 0 Å². The Labute approximate surface area is 161 Å². The van der Waals surface area contributed by atoms with Crippen molar-refractivity contribution in [3.8, 4) is 10.6 Å². The van der Waals surface area contributed by atoms with Crippen molar-refractivity contribution < 1.29 is 0 Å². The van der Waals surface area contributed by atoms with Crippen LogP contribution in [0.3, 0.4) is 0 Å². The van der Waals surface area contributed by atoms with Crippen LogP contribution in [0.2, 0.25) is 0 Å². The number of rotatable bonds is 9. The molecule has 0 amide bonds. The number of aromatic nitrogens is 2. The maximum Gasteiger partial charge on any atom is 0.0819 e. The van der Waals surface area contributed by atoms with Gasteiger partial charge in [0, 0.05) is 18.9 Å². The Morgan fingerprint density at radius 1 is 0.962 bits per heavy atom. The summed E-state index contributed by atoms with van der Waals surface area (Å²) in [4.78, 5) is 13.0. The van der Waals surface area contributed by atoms with Crippen LogP contribution in [0.4, 0.5) is 0 Å². The molecule has 0 aliphatic heterocycles. The minimum atomic E-state index is 0.990. The molecule has 0 aliphatic rings. The largest absolute Gasteiger partial charge is 0.299 e. The summed E-state index contributed by atoms with van der Waals surface area (Å²) in [5.41, 5.74) is 4.84. The third-order valence-electron chi connectivity index (χ3n) is 4.58. The molecular formula is C22H29N3S. The molecule has 138 valence electrons. The molecule has 3 rings (SSSR count). The first-order chi connectivity index (χ1) is 12.7. The molecule has 0 aliphatic carbocycles. The first kappa shape index (κ1) is 19.0. The van der Waals surface area contributed by atoms with Crippen LogP contribution in [0, 0.1) is 0 Å². The van der Waals surface area contributed by atoms with Crippen LogP contribution in [0.15, 0.2) is 36.7 Å². The monoisotopic (exact) mass is 367 g/mol. The van der Waals surface area contributed by atoms with Crippen molar-refractivity contribution in [3.05, 3.63) is 47.8 Å². The molecule has 0 N–H and O–H groups in total. The molecule has 3 heterocycles. The van der Waals surface area contributed by atoms with Gasteiger partial charge in [-0.05, 0) is 61.7 Å². The molecule has 0 saturated heterocycles. The van der Waals surface area contributed by atoms with Crippen molar-refractivity contribution in [3.63, 3.8) is 0 Å². The maximum absolute atomic E-state index is 4.75. The Bertz CT molecular complexity index is 817. The van der Waals surface area contributed by atoms with Gasteiger partial charge in [0.15, 0.2) is 0 Å². The predicted molar refractivity (Wildman–Crippen MR) is 113 cm³/mol. The average molecular weight is 368 g/mol. The van der Waals surface area contributed by atoms with Crippen molar-refractivity contribution in [2.45, 2.75) is 53.0 Å². The number of hydrogen-bond acceptors (Lipinski definition) is 4. The third-order valence-corrected chi connectivity index (χ3v) is 5.80. The molecule has 0 radical (unpaired) electrons. The lowest BCUT2D eigenvalue weighted by Gasteiger charge is -2.20. The molecule has 0 saturated carbocycles. The highest BCUT2D eigenvalue weighted by Gasteiger charge is 2.10. The first-order valence-corrected chi connectivity index (χ1v) is 10.6. The van der Waals surface area contributed by atoms with E-state index in [2.05, 4.69) is 54.9 Å². The Kier molecular flexibility index (Phi) is 6.75. The van der Waals surface area contributed by atoms with Gasteiger partial charge in [0.1, 0.15) is 0 Å². The van der Waals surface area contributed by atoms with Crippen molar-refractivity contribution >= 4 is 21.6 Å². The molecule has 0 fully saturated rings. The molecular weight excluding hydrogens is 338 g/mol. The van der Waals surface area contributed by atoms with Crippen molar-refractivity contribution in [2.75, 3.05) is 13.1 Å². The summed E-state index contributed by atoms with van der Waals surface area (Å²) in [6.07, 6.45) is 8.62. The van der Waals surface area contributed by atoms with Crippen molar-refractivity contribution in [1.29, 1.82) is 0 Å². The van der Waals surface area contributed by atoms with E-state index < -0.39 is 0 Å². The Hall–Kier alpha value is -1.78. The van der Waals surface area contributed by atoms with E-state index in [0.717, 1.165) is 43.7 Å². The van der Waals surface area contributed by atoms with Gasteiger partial charge >= 0.3 is 0 Å². The number of pyridine rings is 2. The molecule has 0 atom stereocenters. The SMILES string of the molecule is CCCc1ccnc2cc(-c3ccc(CN(CCC)CCC)cn3)sc12. The molecule has 3 aromatic rings. The predicted octanol–water partition coefficient (Wildman–Crippen LogP) is 5.93. The third kappa shape index (κ3) is 4.49. The molecule has 26 heavy (non-hydrogen) atoms. The highest BCUT2D eigenvalue weighted by molar-refractivity contribution is 7.22. The summed E-state index contributed by atoms with van der Waals surface area (Å²) >= 11 is 1.82. The highest BCUT2D eigenvalue weighted by Crippen LogP contribution is 2.34. The molecule has 4 heteroatoms. The van der Waals surface area contributed by atoms with E-state index >= 15 is 0 Å². The zero-order valence-electron chi connectivity index (χ0n) is 16.2. The lowest BCUT2D eigenvalue weighted by atomic mass is 10.1. The number of thiophene rings is 1. The number of hydrogen-bond donors (Lipinski definition) is 0. The fourth-order valence-electron chi connectivity index (χ4n) is 3.41. The van der Waals surface area contributed by atoms with Gasteiger partial charge in [0.05, 0.1) is 20.8 Å². The second-order valence-electron chi connectivity index (χ2n) is 6.87. The lowest BCUT2D eigenvalue weighted by Crippen LogP contribution is -2.24. The van der Waals surface area contributed by atoms with Gasteiger partial charge in [-0.25, -0.2) is 0 Å². The van der Waals surface area contributed by atoms with E-state index in [9.17, 15) is 0 Å². The van der Waals surface area contributed by atoms with E-state index in [-0.39, 0.29) is 0 Å².